The number of ether oxygens (including phenoxy) is 1. The highest BCUT2D eigenvalue weighted by atomic mass is 16.5. The second-order valence-corrected chi connectivity index (χ2v) is 4.74. The van der Waals surface area contributed by atoms with Gasteiger partial charge in [-0.15, -0.1) is 0 Å². The number of nitrogens with zero attached hydrogens (tertiary/aromatic N) is 1. The summed E-state index contributed by atoms with van der Waals surface area (Å²) >= 11 is 0. The standard InChI is InChI=1S/C12H20N2O3/c1-2-17-12(16)8-14-7-11(15)13-9-5-3-4-6-10(9)14/h9-10H,2-8H2,1H3,(H,13,15)/t9-,10-/m0/s1. The molecule has 1 aliphatic carbocycles. The maximum Gasteiger partial charge on any atom is 0.320 e. The van der Waals surface area contributed by atoms with Crippen LogP contribution in [0.1, 0.15) is 32.6 Å². The minimum atomic E-state index is -0.230. The van der Waals surface area contributed by atoms with Gasteiger partial charge in [-0.3, -0.25) is 14.5 Å². The van der Waals surface area contributed by atoms with Crippen molar-refractivity contribution in [1.29, 1.82) is 0 Å². The van der Waals surface area contributed by atoms with Gasteiger partial charge in [-0.25, -0.2) is 0 Å². The Morgan fingerprint density at radius 2 is 2.24 bits per heavy atom. The molecule has 1 aliphatic heterocycles. The lowest BCUT2D eigenvalue weighted by atomic mass is 9.87. The number of rotatable bonds is 3. The molecule has 0 aromatic carbocycles. The normalized spacial score (nSPS) is 29.4. The summed E-state index contributed by atoms with van der Waals surface area (Å²) in [6.07, 6.45) is 4.42. The number of carbonyl (C=O) groups excluding carboxylic acids is 2. The van der Waals surface area contributed by atoms with E-state index in [1.54, 1.807) is 6.92 Å². The van der Waals surface area contributed by atoms with Gasteiger partial charge in [-0.1, -0.05) is 12.8 Å². The van der Waals surface area contributed by atoms with E-state index in [-0.39, 0.29) is 24.5 Å². The van der Waals surface area contributed by atoms with Crippen LogP contribution in [0.15, 0.2) is 0 Å². The summed E-state index contributed by atoms with van der Waals surface area (Å²) in [6.45, 7) is 2.75. The third kappa shape index (κ3) is 2.97. The average Bonchev–Trinajstić information content (AvgIpc) is 2.29. The van der Waals surface area contributed by atoms with Crippen molar-refractivity contribution >= 4 is 11.9 Å². The van der Waals surface area contributed by atoms with Crippen LogP contribution in [-0.2, 0) is 14.3 Å². The first-order valence-electron chi connectivity index (χ1n) is 6.39. The monoisotopic (exact) mass is 240 g/mol. The summed E-state index contributed by atoms with van der Waals surface area (Å²) in [7, 11) is 0. The Morgan fingerprint density at radius 3 is 3.00 bits per heavy atom. The summed E-state index contributed by atoms with van der Waals surface area (Å²) in [6, 6.07) is 0.533. The van der Waals surface area contributed by atoms with Crippen LogP contribution in [-0.4, -0.2) is 48.6 Å². The molecule has 0 bridgehead atoms. The Hall–Kier alpha value is -1.10. The van der Waals surface area contributed by atoms with Crippen molar-refractivity contribution in [3.05, 3.63) is 0 Å². The van der Waals surface area contributed by atoms with Gasteiger partial charge in [0, 0.05) is 12.1 Å². The van der Waals surface area contributed by atoms with E-state index < -0.39 is 0 Å². The van der Waals surface area contributed by atoms with Gasteiger partial charge in [0.25, 0.3) is 0 Å². The van der Waals surface area contributed by atoms with E-state index in [9.17, 15) is 9.59 Å². The number of carbonyl (C=O) groups is 2. The molecule has 1 saturated heterocycles. The van der Waals surface area contributed by atoms with Gasteiger partial charge < -0.3 is 10.1 Å². The van der Waals surface area contributed by atoms with Gasteiger partial charge in [0.1, 0.15) is 0 Å². The van der Waals surface area contributed by atoms with Crippen LogP contribution in [0.2, 0.25) is 0 Å². The SMILES string of the molecule is CCOC(=O)CN1CC(=O)N[C@H]2CCCC[C@@H]21. The minimum Gasteiger partial charge on any atom is -0.465 e. The Kier molecular flexibility index (Phi) is 3.99. The molecule has 2 fully saturated rings. The molecular weight excluding hydrogens is 220 g/mol. The van der Waals surface area contributed by atoms with Gasteiger partial charge >= 0.3 is 5.97 Å². The molecule has 0 unspecified atom stereocenters. The summed E-state index contributed by atoms with van der Waals surface area (Å²) in [5.41, 5.74) is 0. The molecular formula is C12H20N2O3. The molecule has 1 amide bonds. The fourth-order valence-electron chi connectivity index (χ4n) is 2.82. The molecule has 0 spiro atoms. The zero-order chi connectivity index (χ0) is 12.3. The van der Waals surface area contributed by atoms with Gasteiger partial charge in [0.05, 0.1) is 19.7 Å². The molecule has 1 N–H and O–H groups in total. The molecule has 5 nitrogen and oxygen atoms in total. The molecule has 2 rings (SSSR count). The smallest absolute Gasteiger partial charge is 0.320 e. The number of fused-ring (bicyclic) bond motifs is 1. The number of piperazine rings is 1. The van der Waals surface area contributed by atoms with E-state index in [1.807, 2.05) is 4.90 Å². The lowest BCUT2D eigenvalue weighted by Crippen LogP contribution is -2.62. The number of hydrogen-bond acceptors (Lipinski definition) is 4. The van der Waals surface area contributed by atoms with Crippen molar-refractivity contribution in [2.75, 3.05) is 19.7 Å². The highest BCUT2D eigenvalue weighted by Crippen LogP contribution is 2.25. The molecule has 2 aliphatic rings. The summed E-state index contributed by atoms with van der Waals surface area (Å²) in [5, 5.41) is 3.02. The quantitative estimate of drug-likeness (QED) is 0.720. The Balaban J connectivity index is 1.98. The Morgan fingerprint density at radius 1 is 1.47 bits per heavy atom. The van der Waals surface area contributed by atoms with E-state index in [4.69, 9.17) is 4.74 Å². The molecule has 2 atom stereocenters. The third-order valence-electron chi connectivity index (χ3n) is 3.53. The number of esters is 1. The van der Waals surface area contributed by atoms with Crippen LogP contribution >= 0.6 is 0 Å². The summed E-state index contributed by atoms with van der Waals surface area (Å²) < 4.78 is 4.95. The molecule has 96 valence electrons. The van der Waals surface area contributed by atoms with Gasteiger partial charge in [-0.2, -0.15) is 0 Å². The second-order valence-electron chi connectivity index (χ2n) is 4.74. The first-order valence-corrected chi connectivity index (χ1v) is 6.39. The minimum absolute atomic E-state index is 0.0254. The van der Waals surface area contributed by atoms with Crippen molar-refractivity contribution in [2.45, 2.75) is 44.7 Å². The van der Waals surface area contributed by atoms with Gasteiger partial charge in [0.15, 0.2) is 0 Å². The molecule has 0 radical (unpaired) electrons. The summed E-state index contributed by atoms with van der Waals surface area (Å²) in [4.78, 5) is 25.0. The molecule has 1 saturated carbocycles. The Labute approximate surface area is 101 Å². The number of amides is 1. The van der Waals surface area contributed by atoms with Gasteiger partial charge in [-0.05, 0) is 19.8 Å². The molecule has 0 aromatic rings. The molecule has 1 heterocycles. The predicted octanol–water partition coefficient (Wildman–Crippen LogP) is 0.293. The average molecular weight is 240 g/mol. The van der Waals surface area contributed by atoms with Crippen molar-refractivity contribution < 1.29 is 14.3 Å². The maximum absolute atomic E-state index is 11.6. The third-order valence-corrected chi connectivity index (χ3v) is 3.53. The molecule has 17 heavy (non-hydrogen) atoms. The van der Waals surface area contributed by atoms with E-state index in [2.05, 4.69) is 5.32 Å². The van der Waals surface area contributed by atoms with E-state index in [0.29, 0.717) is 19.2 Å². The second kappa shape index (κ2) is 5.49. The fraction of sp³-hybridized carbons (Fsp3) is 0.833. The number of nitrogens with one attached hydrogen (secondary N) is 1. The molecule has 5 heteroatoms. The topological polar surface area (TPSA) is 58.6 Å². The van der Waals surface area contributed by atoms with E-state index >= 15 is 0 Å². The van der Waals surface area contributed by atoms with Crippen LogP contribution in [0, 0.1) is 0 Å². The lowest BCUT2D eigenvalue weighted by Gasteiger charge is -2.43. The maximum atomic E-state index is 11.6. The fourth-order valence-corrected chi connectivity index (χ4v) is 2.82. The zero-order valence-corrected chi connectivity index (χ0v) is 10.3. The van der Waals surface area contributed by atoms with Crippen molar-refractivity contribution in [1.82, 2.24) is 10.2 Å². The number of hydrogen-bond donors (Lipinski definition) is 1. The highest BCUT2D eigenvalue weighted by molar-refractivity contribution is 5.80. The molecule has 0 aromatic heterocycles. The van der Waals surface area contributed by atoms with Crippen LogP contribution in [0.4, 0.5) is 0 Å². The lowest BCUT2D eigenvalue weighted by molar-refractivity contribution is -0.147. The van der Waals surface area contributed by atoms with Crippen LogP contribution in [0.25, 0.3) is 0 Å². The van der Waals surface area contributed by atoms with Crippen LogP contribution < -0.4 is 5.32 Å². The largest absolute Gasteiger partial charge is 0.465 e. The van der Waals surface area contributed by atoms with Crippen molar-refractivity contribution in [3.63, 3.8) is 0 Å². The van der Waals surface area contributed by atoms with Gasteiger partial charge in [0.2, 0.25) is 5.91 Å². The van der Waals surface area contributed by atoms with E-state index in [1.165, 1.54) is 6.42 Å². The zero-order valence-electron chi connectivity index (χ0n) is 10.3. The van der Waals surface area contributed by atoms with Crippen molar-refractivity contribution in [2.24, 2.45) is 0 Å². The highest BCUT2D eigenvalue weighted by Gasteiger charge is 2.37. The first-order chi connectivity index (χ1) is 8.20. The van der Waals surface area contributed by atoms with Crippen molar-refractivity contribution in [3.8, 4) is 0 Å². The summed E-state index contributed by atoms with van der Waals surface area (Å²) in [5.74, 6) is -0.205. The predicted molar refractivity (Wildman–Crippen MR) is 62.4 cm³/mol. The Bertz CT molecular complexity index is 306. The first kappa shape index (κ1) is 12.4. The van der Waals surface area contributed by atoms with Crippen LogP contribution in [0.5, 0.6) is 0 Å². The van der Waals surface area contributed by atoms with E-state index in [0.717, 1.165) is 19.3 Å². The van der Waals surface area contributed by atoms with Crippen LogP contribution in [0.3, 0.4) is 0 Å².